The number of aromatic nitrogens is 1. The lowest BCUT2D eigenvalue weighted by atomic mass is 9.95. The Kier molecular flexibility index (Phi) is 6.17. The van der Waals surface area contributed by atoms with Gasteiger partial charge in [-0.15, -0.1) is 0 Å². The van der Waals surface area contributed by atoms with E-state index < -0.39 is 10.5 Å². The first-order chi connectivity index (χ1) is 11.8. The van der Waals surface area contributed by atoms with Gasteiger partial charge in [-0.2, -0.15) is 0 Å². The highest BCUT2D eigenvalue weighted by atomic mass is 16.6. The maximum absolute atomic E-state index is 12.2. The molecule has 1 aromatic heterocycles. The lowest BCUT2D eigenvalue weighted by molar-refractivity contribution is -0.386. The summed E-state index contributed by atoms with van der Waals surface area (Å²) in [7, 11) is 0. The Morgan fingerprint density at radius 3 is 2.92 bits per heavy atom. The molecule has 1 aliphatic rings. The third kappa shape index (κ3) is 5.88. The highest BCUT2D eigenvalue weighted by Crippen LogP contribution is 2.25. The molecule has 2 rings (SSSR count). The van der Waals surface area contributed by atoms with Crippen molar-refractivity contribution in [3.8, 4) is 5.88 Å². The van der Waals surface area contributed by atoms with Gasteiger partial charge in [0.2, 0.25) is 0 Å². The summed E-state index contributed by atoms with van der Waals surface area (Å²) in [6.45, 7) is 7.17. The average molecular weight is 351 g/mol. The summed E-state index contributed by atoms with van der Waals surface area (Å²) >= 11 is 0. The van der Waals surface area contributed by atoms with Crippen molar-refractivity contribution >= 4 is 11.8 Å². The Balaban J connectivity index is 1.83. The number of rotatable bonds is 5. The van der Waals surface area contributed by atoms with Crippen molar-refractivity contribution in [2.45, 2.75) is 45.6 Å². The van der Waals surface area contributed by atoms with Crippen molar-refractivity contribution in [1.82, 2.24) is 9.88 Å². The zero-order valence-electron chi connectivity index (χ0n) is 14.9. The molecule has 1 amide bonds. The molecule has 25 heavy (non-hydrogen) atoms. The van der Waals surface area contributed by atoms with Gasteiger partial charge in [0.1, 0.15) is 5.60 Å². The van der Waals surface area contributed by atoms with E-state index in [4.69, 9.17) is 9.47 Å². The highest BCUT2D eigenvalue weighted by molar-refractivity contribution is 5.68. The predicted molar refractivity (Wildman–Crippen MR) is 91.5 cm³/mol. The maximum Gasteiger partial charge on any atom is 0.410 e. The Morgan fingerprint density at radius 2 is 2.24 bits per heavy atom. The van der Waals surface area contributed by atoms with E-state index in [1.807, 2.05) is 20.8 Å². The number of hydrogen-bond acceptors (Lipinski definition) is 6. The molecule has 8 heteroatoms. The molecule has 8 nitrogen and oxygen atoms in total. The summed E-state index contributed by atoms with van der Waals surface area (Å²) in [6, 6.07) is 2.87. The van der Waals surface area contributed by atoms with E-state index in [2.05, 4.69) is 4.98 Å². The number of ether oxygens (including phenoxy) is 2. The van der Waals surface area contributed by atoms with Gasteiger partial charge in [-0.05, 0) is 52.0 Å². The summed E-state index contributed by atoms with van der Waals surface area (Å²) in [5.41, 5.74) is -0.646. The molecule has 0 bridgehead atoms. The van der Waals surface area contributed by atoms with E-state index in [1.54, 1.807) is 4.90 Å². The fraction of sp³-hybridized carbons (Fsp3) is 0.647. The topological polar surface area (TPSA) is 94.8 Å². The predicted octanol–water partition coefficient (Wildman–Crippen LogP) is 3.41. The molecule has 0 radical (unpaired) electrons. The summed E-state index contributed by atoms with van der Waals surface area (Å²) < 4.78 is 10.9. The zero-order chi connectivity index (χ0) is 18.4. The standard InChI is InChI=1S/C17H25N3O5/c1-17(2,3)25-16(21)19-10-5-6-13(12-19)8-11-24-15-14(20(22)23)7-4-9-18-15/h4,7,9,13H,5-6,8,10-12H2,1-3H3/t13-/m0/s1. The van der Waals surface area contributed by atoms with Crippen molar-refractivity contribution in [1.29, 1.82) is 0 Å². The smallest absolute Gasteiger partial charge is 0.410 e. The van der Waals surface area contributed by atoms with Crippen molar-refractivity contribution in [3.05, 3.63) is 28.4 Å². The Labute approximate surface area is 147 Å². The van der Waals surface area contributed by atoms with Crippen molar-refractivity contribution < 1.29 is 19.2 Å². The first kappa shape index (κ1) is 19.0. The van der Waals surface area contributed by atoms with E-state index in [1.165, 1.54) is 18.3 Å². The Bertz CT molecular complexity index is 615. The quantitative estimate of drug-likeness (QED) is 0.596. The van der Waals surface area contributed by atoms with Crippen LogP contribution in [0.1, 0.15) is 40.0 Å². The largest absolute Gasteiger partial charge is 0.473 e. The summed E-state index contributed by atoms with van der Waals surface area (Å²) in [4.78, 5) is 28.2. The van der Waals surface area contributed by atoms with E-state index >= 15 is 0 Å². The molecule has 1 aromatic rings. The van der Waals surface area contributed by atoms with E-state index in [0.29, 0.717) is 26.1 Å². The van der Waals surface area contributed by atoms with Crippen LogP contribution in [0.25, 0.3) is 0 Å². The van der Waals surface area contributed by atoms with E-state index in [-0.39, 0.29) is 23.6 Å². The minimum atomic E-state index is -0.509. The molecule has 0 unspecified atom stereocenters. The monoisotopic (exact) mass is 351 g/mol. The number of piperidine rings is 1. The van der Waals surface area contributed by atoms with Crippen LogP contribution in [-0.4, -0.2) is 46.2 Å². The van der Waals surface area contributed by atoms with Gasteiger partial charge in [0.15, 0.2) is 0 Å². The van der Waals surface area contributed by atoms with Gasteiger partial charge in [-0.25, -0.2) is 9.78 Å². The number of nitro groups is 1. The number of amides is 1. The molecule has 1 fully saturated rings. The van der Waals surface area contributed by atoms with Crippen LogP contribution in [0.15, 0.2) is 18.3 Å². The van der Waals surface area contributed by atoms with Gasteiger partial charge in [0.25, 0.3) is 5.88 Å². The molecule has 0 saturated carbocycles. The third-order valence-electron chi connectivity index (χ3n) is 3.88. The SMILES string of the molecule is CC(C)(C)OC(=O)N1CCC[C@@H](CCOc2ncccc2[N+](=O)[O-])C1. The number of carbonyl (C=O) groups excluding carboxylic acids is 1. The molecule has 0 N–H and O–H groups in total. The first-order valence-electron chi connectivity index (χ1n) is 8.46. The Morgan fingerprint density at radius 1 is 1.48 bits per heavy atom. The lowest BCUT2D eigenvalue weighted by Crippen LogP contribution is -2.43. The zero-order valence-corrected chi connectivity index (χ0v) is 14.9. The van der Waals surface area contributed by atoms with Crippen LogP contribution in [0.4, 0.5) is 10.5 Å². The van der Waals surface area contributed by atoms with Gasteiger partial charge in [0, 0.05) is 25.4 Å². The molecule has 1 saturated heterocycles. The van der Waals surface area contributed by atoms with Gasteiger partial charge in [-0.3, -0.25) is 10.1 Å². The Hall–Kier alpha value is -2.38. The summed E-state index contributed by atoms with van der Waals surface area (Å²) in [5, 5.41) is 10.9. The molecule has 2 heterocycles. The van der Waals surface area contributed by atoms with Gasteiger partial charge in [-0.1, -0.05) is 0 Å². The summed E-state index contributed by atoms with van der Waals surface area (Å²) in [5.74, 6) is 0.316. The van der Waals surface area contributed by atoms with Crippen molar-refractivity contribution in [3.63, 3.8) is 0 Å². The van der Waals surface area contributed by atoms with Crippen LogP contribution in [-0.2, 0) is 4.74 Å². The second kappa shape index (κ2) is 8.13. The average Bonchev–Trinajstić information content (AvgIpc) is 2.54. The minimum absolute atomic E-state index is 0.0345. The van der Waals surface area contributed by atoms with Crippen LogP contribution < -0.4 is 4.74 Å². The van der Waals surface area contributed by atoms with Gasteiger partial charge < -0.3 is 14.4 Å². The molecular formula is C17H25N3O5. The maximum atomic E-state index is 12.2. The molecule has 0 spiro atoms. The number of carbonyl (C=O) groups is 1. The van der Waals surface area contributed by atoms with Crippen LogP contribution in [0.5, 0.6) is 5.88 Å². The normalized spacial score (nSPS) is 17.9. The van der Waals surface area contributed by atoms with E-state index in [9.17, 15) is 14.9 Å². The molecule has 0 aromatic carbocycles. The van der Waals surface area contributed by atoms with E-state index in [0.717, 1.165) is 12.8 Å². The minimum Gasteiger partial charge on any atom is -0.473 e. The number of hydrogen-bond donors (Lipinski definition) is 0. The third-order valence-corrected chi connectivity index (χ3v) is 3.88. The first-order valence-corrected chi connectivity index (χ1v) is 8.46. The molecule has 1 atom stereocenters. The molecule has 1 aliphatic heterocycles. The summed E-state index contributed by atoms with van der Waals surface area (Å²) in [6.07, 6.45) is 3.78. The second-order valence-electron chi connectivity index (χ2n) is 7.16. The van der Waals surface area contributed by atoms with Gasteiger partial charge in [0.05, 0.1) is 11.5 Å². The van der Waals surface area contributed by atoms with Crippen LogP contribution in [0, 0.1) is 16.0 Å². The van der Waals surface area contributed by atoms with Crippen molar-refractivity contribution in [2.24, 2.45) is 5.92 Å². The number of nitrogens with zero attached hydrogens (tertiary/aromatic N) is 3. The van der Waals surface area contributed by atoms with Crippen molar-refractivity contribution in [2.75, 3.05) is 19.7 Å². The van der Waals surface area contributed by atoms with Crippen LogP contribution in [0.3, 0.4) is 0 Å². The fourth-order valence-electron chi connectivity index (χ4n) is 2.75. The lowest BCUT2D eigenvalue weighted by Gasteiger charge is -2.34. The second-order valence-corrected chi connectivity index (χ2v) is 7.16. The number of likely N-dealkylation sites (tertiary alicyclic amines) is 1. The fourth-order valence-corrected chi connectivity index (χ4v) is 2.75. The van der Waals surface area contributed by atoms with Gasteiger partial charge >= 0.3 is 11.8 Å². The number of pyridine rings is 1. The molecule has 0 aliphatic carbocycles. The highest BCUT2D eigenvalue weighted by Gasteiger charge is 2.27. The molecular weight excluding hydrogens is 326 g/mol. The van der Waals surface area contributed by atoms with Crippen LogP contribution in [0.2, 0.25) is 0 Å². The van der Waals surface area contributed by atoms with Crippen LogP contribution >= 0.6 is 0 Å². The molecule has 138 valence electrons.